The fourth-order valence-electron chi connectivity index (χ4n) is 2.52. The normalized spacial score (nSPS) is 10.3. The lowest BCUT2D eigenvalue weighted by atomic mass is 10.2. The van der Waals surface area contributed by atoms with Crippen molar-refractivity contribution in [3.8, 4) is 5.75 Å². The van der Waals surface area contributed by atoms with Crippen molar-refractivity contribution in [2.75, 3.05) is 25.6 Å². The van der Waals surface area contributed by atoms with E-state index in [0.29, 0.717) is 24.6 Å². The number of para-hydroxylation sites is 1. The quantitative estimate of drug-likeness (QED) is 0.517. The van der Waals surface area contributed by atoms with Crippen LogP contribution in [0.4, 0.5) is 10.5 Å². The first-order chi connectivity index (χ1) is 13.2. The van der Waals surface area contributed by atoms with Gasteiger partial charge in [-0.05, 0) is 36.4 Å². The Labute approximate surface area is 156 Å². The highest BCUT2D eigenvalue weighted by molar-refractivity contribution is 6.00. The highest BCUT2D eigenvalue weighted by Gasteiger charge is 2.12. The van der Waals surface area contributed by atoms with Crippen LogP contribution in [0.5, 0.6) is 5.75 Å². The summed E-state index contributed by atoms with van der Waals surface area (Å²) in [7, 11) is 1.29. The number of benzene rings is 2. The standard InChI is InChI=1S/C20H19N3O4/c1-26-19(24)16-6-2-3-7-18(16)23-20(25)22-11-12-27-15-8-9-17-14(13-15)5-4-10-21-17/h2-10,13H,11-12H2,1H3,(H2,22,23,25). The molecule has 1 aromatic heterocycles. The number of esters is 1. The minimum atomic E-state index is -0.514. The van der Waals surface area contributed by atoms with Crippen LogP contribution in [0.15, 0.2) is 60.8 Å². The summed E-state index contributed by atoms with van der Waals surface area (Å²) in [4.78, 5) is 28.0. The first-order valence-electron chi connectivity index (χ1n) is 8.37. The number of carbonyl (C=O) groups excluding carboxylic acids is 2. The van der Waals surface area contributed by atoms with Crippen LogP contribution < -0.4 is 15.4 Å². The van der Waals surface area contributed by atoms with E-state index in [1.807, 2.05) is 30.3 Å². The number of carbonyl (C=O) groups is 2. The van der Waals surface area contributed by atoms with Gasteiger partial charge in [-0.15, -0.1) is 0 Å². The number of hydrogen-bond donors (Lipinski definition) is 2. The number of fused-ring (bicyclic) bond motifs is 1. The van der Waals surface area contributed by atoms with Gasteiger partial charge in [0.2, 0.25) is 0 Å². The van der Waals surface area contributed by atoms with Crippen LogP contribution in [0, 0.1) is 0 Å². The third-order valence-corrected chi connectivity index (χ3v) is 3.81. The molecule has 2 N–H and O–H groups in total. The number of ether oxygens (including phenoxy) is 2. The van der Waals surface area contributed by atoms with Gasteiger partial charge in [-0.25, -0.2) is 9.59 Å². The summed E-state index contributed by atoms with van der Waals surface area (Å²) < 4.78 is 10.4. The van der Waals surface area contributed by atoms with Gasteiger partial charge in [-0.2, -0.15) is 0 Å². The van der Waals surface area contributed by atoms with Gasteiger partial charge < -0.3 is 20.1 Å². The summed E-state index contributed by atoms with van der Waals surface area (Å²) in [6, 6.07) is 15.6. The molecule has 2 amide bonds. The summed E-state index contributed by atoms with van der Waals surface area (Å²) in [5.41, 5.74) is 1.56. The maximum Gasteiger partial charge on any atom is 0.339 e. The van der Waals surface area contributed by atoms with E-state index < -0.39 is 12.0 Å². The largest absolute Gasteiger partial charge is 0.492 e. The first-order valence-corrected chi connectivity index (χ1v) is 8.37. The molecule has 0 unspecified atom stereocenters. The fraction of sp³-hybridized carbons (Fsp3) is 0.150. The van der Waals surface area contributed by atoms with Crippen molar-refractivity contribution in [1.29, 1.82) is 0 Å². The molecule has 0 aliphatic carbocycles. The lowest BCUT2D eigenvalue weighted by molar-refractivity contribution is 0.0602. The van der Waals surface area contributed by atoms with Crippen molar-refractivity contribution < 1.29 is 19.1 Å². The van der Waals surface area contributed by atoms with Crippen molar-refractivity contribution in [1.82, 2.24) is 10.3 Å². The number of rotatable bonds is 6. The summed E-state index contributed by atoms with van der Waals surface area (Å²) in [6.45, 7) is 0.606. The molecule has 27 heavy (non-hydrogen) atoms. The summed E-state index contributed by atoms with van der Waals surface area (Å²) in [5, 5.41) is 6.30. The van der Waals surface area contributed by atoms with Gasteiger partial charge in [0.1, 0.15) is 12.4 Å². The van der Waals surface area contributed by atoms with Crippen molar-refractivity contribution in [3.63, 3.8) is 0 Å². The Bertz CT molecular complexity index is 959. The monoisotopic (exact) mass is 365 g/mol. The maximum absolute atomic E-state index is 12.0. The van der Waals surface area contributed by atoms with Crippen molar-refractivity contribution in [3.05, 3.63) is 66.4 Å². The number of methoxy groups -OCH3 is 1. The number of amides is 2. The highest BCUT2D eigenvalue weighted by Crippen LogP contribution is 2.19. The van der Waals surface area contributed by atoms with Crippen LogP contribution in [0.25, 0.3) is 10.9 Å². The first kappa shape index (κ1) is 18.2. The number of urea groups is 1. The molecular weight excluding hydrogens is 346 g/mol. The molecular formula is C20H19N3O4. The molecule has 0 aliphatic heterocycles. The van der Waals surface area contributed by atoms with E-state index in [2.05, 4.69) is 15.6 Å². The molecule has 7 nitrogen and oxygen atoms in total. The predicted molar refractivity (Wildman–Crippen MR) is 102 cm³/mol. The number of aromatic nitrogens is 1. The lowest BCUT2D eigenvalue weighted by Crippen LogP contribution is -2.32. The topological polar surface area (TPSA) is 89.5 Å². The number of pyridine rings is 1. The molecule has 138 valence electrons. The second kappa shape index (κ2) is 8.66. The molecule has 0 fully saturated rings. The van der Waals surface area contributed by atoms with E-state index in [1.165, 1.54) is 7.11 Å². The molecule has 3 rings (SSSR count). The number of nitrogens with zero attached hydrogens (tertiary/aromatic N) is 1. The molecule has 0 saturated heterocycles. The van der Waals surface area contributed by atoms with Crippen molar-refractivity contribution >= 4 is 28.6 Å². The third kappa shape index (κ3) is 4.72. The van der Waals surface area contributed by atoms with Crippen LogP contribution in [-0.4, -0.2) is 37.2 Å². The van der Waals surface area contributed by atoms with Gasteiger partial charge in [0, 0.05) is 11.6 Å². The predicted octanol–water partition coefficient (Wildman–Crippen LogP) is 3.22. The van der Waals surface area contributed by atoms with E-state index in [0.717, 1.165) is 10.9 Å². The molecule has 0 saturated carbocycles. The van der Waals surface area contributed by atoms with Crippen molar-refractivity contribution in [2.45, 2.75) is 0 Å². The molecule has 0 radical (unpaired) electrons. The second-order valence-corrected chi connectivity index (χ2v) is 5.62. The van der Waals surface area contributed by atoms with Crippen LogP contribution >= 0.6 is 0 Å². The van der Waals surface area contributed by atoms with Crippen molar-refractivity contribution in [2.24, 2.45) is 0 Å². The SMILES string of the molecule is COC(=O)c1ccccc1NC(=O)NCCOc1ccc2ncccc2c1. The number of nitrogens with one attached hydrogen (secondary N) is 2. The number of anilines is 1. The molecule has 2 aromatic carbocycles. The maximum atomic E-state index is 12.0. The Balaban J connectivity index is 1.49. The van der Waals surface area contributed by atoms with Gasteiger partial charge >= 0.3 is 12.0 Å². The smallest absolute Gasteiger partial charge is 0.339 e. The highest BCUT2D eigenvalue weighted by atomic mass is 16.5. The van der Waals surface area contributed by atoms with E-state index in [1.54, 1.807) is 30.5 Å². The van der Waals surface area contributed by atoms with E-state index in [9.17, 15) is 9.59 Å². The number of hydrogen-bond acceptors (Lipinski definition) is 5. The molecule has 0 atom stereocenters. The van der Waals surface area contributed by atoms with Gasteiger partial charge in [0.15, 0.2) is 0 Å². The molecule has 0 aliphatic rings. The Morgan fingerprint density at radius 3 is 2.78 bits per heavy atom. The third-order valence-electron chi connectivity index (χ3n) is 3.81. The fourth-order valence-corrected chi connectivity index (χ4v) is 2.52. The van der Waals surface area contributed by atoms with Gasteiger partial charge in [0.05, 0.1) is 30.4 Å². The zero-order valence-electron chi connectivity index (χ0n) is 14.8. The summed E-state index contributed by atoms with van der Waals surface area (Å²) in [5.74, 6) is 0.189. The van der Waals surface area contributed by atoms with E-state index in [4.69, 9.17) is 9.47 Å². The molecule has 0 spiro atoms. The average Bonchev–Trinajstić information content (AvgIpc) is 2.71. The molecule has 7 heteroatoms. The van der Waals surface area contributed by atoms with E-state index in [-0.39, 0.29) is 5.56 Å². The van der Waals surface area contributed by atoms with Gasteiger partial charge in [-0.3, -0.25) is 4.98 Å². The summed E-state index contributed by atoms with van der Waals surface area (Å²) >= 11 is 0. The Morgan fingerprint density at radius 2 is 1.93 bits per heavy atom. The average molecular weight is 365 g/mol. The van der Waals surface area contributed by atoms with Crippen LogP contribution in [0.1, 0.15) is 10.4 Å². The zero-order chi connectivity index (χ0) is 19.1. The van der Waals surface area contributed by atoms with Gasteiger partial charge in [-0.1, -0.05) is 18.2 Å². The van der Waals surface area contributed by atoms with Crippen LogP contribution in [0.3, 0.4) is 0 Å². The minimum Gasteiger partial charge on any atom is -0.492 e. The lowest BCUT2D eigenvalue weighted by Gasteiger charge is -2.11. The summed E-state index contributed by atoms with van der Waals surface area (Å²) in [6.07, 6.45) is 1.74. The van der Waals surface area contributed by atoms with Gasteiger partial charge in [0.25, 0.3) is 0 Å². The van der Waals surface area contributed by atoms with Crippen LogP contribution in [0.2, 0.25) is 0 Å². The minimum absolute atomic E-state index is 0.288. The van der Waals surface area contributed by atoms with Crippen LogP contribution in [-0.2, 0) is 4.74 Å². The molecule has 3 aromatic rings. The van der Waals surface area contributed by atoms with E-state index >= 15 is 0 Å². The Morgan fingerprint density at radius 1 is 1.07 bits per heavy atom. The second-order valence-electron chi connectivity index (χ2n) is 5.62. The zero-order valence-corrected chi connectivity index (χ0v) is 14.8. The Kier molecular flexibility index (Phi) is 5.84. The Hall–Kier alpha value is -3.61. The molecule has 0 bridgehead atoms. The molecule has 1 heterocycles.